The van der Waals surface area contributed by atoms with Crippen molar-refractivity contribution in [1.29, 1.82) is 0 Å². The number of nitrogens with zero attached hydrogens (tertiary/aromatic N) is 3. The molecule has 0 bridgehead atoms. The topological polar surface area (TPSA) is 42.7 Å². The molecule has 0 fully saturated rings. The van der Waals surface area contributed by atoms with Gasteiger partial charge in [0.05, 0.1) is 6.54 Å². The van der Waals surface area contributed by atoms with Gasteiger partial charge in [-0.25, -0.2) is 4.98 Å². The Balaban J connectivity index is 2.61. The van der Waals surface area contributed by atoms with Crippen molar-refractivity contribution in [3.05, 3.63) is 11.6 Å². The van der Waals surface area contributed by atoms with Crippen LogP contribution >= 0.6 is 0 Å². The van der Waals surface area contributed by atoms with Gasteiger partial charge in [0.15, 0.2) is 5.82 Å². The Morgan fingerprint density at radius 1 is 1.33 bits per heavy atom. The van der Waals surface area contributed by atoms with Gasteiger partial charge in [0.25, 0.3) is 0 Å². The highest BCUT2D eigenvalue weighted by Gasteiger charge is 2.12. The van der Waals surface area contributed by atoms with Gasteiger partial charge in [-0.15, -0.1) is 0 Å². The van der Waals surface area contributed by atoms with Crippen LogP contribution in [0.25, 0.3) is 0 Å². The minimum absolute atomic E-state index is 0.122. The van der Waals surface area contributed by atoms with Crippen LogP contribution in [0.15, 0.2) is 0 Å². The first-order valence-corrected chi connectivity index (χ1v) is 5.56. The van der Waals surface area contributed by atoms with Gasteiger partial charge in [-0.05, 0) is 27.2 Å². The number of hydrogen-bond acceptors (Lipinski definition) is 3. The molecule has 0 unspecified atom stereocenters. The van der Waals surface area contributed by atoms with Crippen LogP contribution in [-0.2, 0) is 20.0 Å². The lowest BCUT2D eigenvalue weighted by Crippen LogP contribution is -2.35. The summed E-state index contributed by atoms with van der Waals surface area (Å²) in [6, 6.07) is 0. The van der Waals surface area contributed by atoms with Gasteiger partial charge in [0, 0.05) is 19.0 Å². The van der Waals surface area contributed by atoms with Gasteiger partial charge in [-0.3, -0.25) is 4.68 Å². The highest BCUT2D eigenvalue weighted by molar-refractivity contribution is 4.93. The summed E-state index contributed by atoms with van der Waals surface area (Å²) in [5.41, 5.74) is 0.122. The summed E-state index contributed by atoms with van der Waals surface area (Å²) < 4.78 is 1.86. The van der Waals surface area contributed by atoms with Crippen LogP contribution in [0.5, 0.6) is 0 Å². The molecule has 0 amide bonds. The van der Waals surface area contributed by atoms with E-state index in [-0.39, 0.29) is 5.54 Å². The van der Waals surface area contributed by atoms with E-state index < -0.39 is 0 Å². The van der Waals surface area contributed by atoms with Gasteiger partial charge in [-0.1, -0.05) is 6.92 Å². The second kappa shape index (κ2) is 4.75. The summed E-state index contributed by atoms with van der Waals surface area (Å²) in [7, 11) is 1.95. The summed E-state index contributed by atoms with van der Waals surface area (Å²) in [5.74, 6) is 1.96. The largest absolute Gasteiger partial charge is 0.305 e. The van der Waals surface area contributed by atoms with Crippen LogP contribution in [0.3, 0.4) is 0 Å². The van der Waals surface area contributed by atoms with Crippen molar-refractivity contribution in [3.8, 4) is 0 Å². The van der Waals surface area contributed by atoms with Crippen LogP contribution < -0.4 is 5.32 Å². The molecule has 1 rings (SSSR count). The van der Waals surface area contributed by atoms with Crippen LogP contribution in [0.2, 0.25) is 0 Å². The minimum atomic E-state index is 0.122. The van der Waals surface area contributed by atoms with Crippen molar-refractivity contribution < 1.29 is 0 Å². The third kappa shape index (κ3) is 4.00. The summed E-state index contributed by atoms with van der Waals surface area (Å²) in [6.45, 7) is 9.36. The van der Waals surface area contributed by atoms with Gasteiger partial charge in [0.2, 0.25) is 0 Å². The lowest BCUT2D eigenvalue weighted by Gasteiger charge is -2.19. The van der Waals surface area contributed by atoms with Crippen molar-refractivity contribution in [2.24, 2.45) is 7.05 Å². The Morgan fingerprint density at radius 2 is 2.00 bits per heavy atom. The molecule has 0 atom stereocenters. The number of hydrogen-bond donors (Lipinski definition) is 1. The van der Waals surface area contributed by atoms with Gasteiger partial charge >= 0.3 is 0 Å². The SMILES string of the molecule is CCCc1nc(CNC(C)(C)C)n(C)n1. The Labute approximate surface area is 92.1 Å². The van der Waals surface area contributed by atoms with Crippen molar-refractivity contribution in [2.75, 3.05) is 0 Å². The van der Waals surface area contributed by atoms with E-state index in [1.165, 1.54) is 0 Å². The third-order valence-corrected chi connectivity index (χ3v) is 2.15. The molecule has 1 heterocycles. The molecular weight excluding hydrogens is 188 g/mol. The van der Waals surface area contributed by atoms with E-state index in [2.05, 4.69) is 43.1 Å². The highest BCUT2D eigenvalue weighted by Crippen LogP contribution is 2.03. The first-order chi connectivity index (χ1) is 6.92. The lowest BCUT2D eigenvalue weighted by molar-refractivity contribution is 0.412. The standard InChI is InChI=1S/C11H22N4/c1-6-7-9-13-10(15(5)14-9)8-12-11(2,3)4/h12H,6-8H2,1-5H3. The second-order valence-electron chi connectivity index (χ2n) is 4.92. The molecule has 0 aliphatic carbocycles. The van der Waals surface area contributed by atoms with Crippen molar-refractivity contribution >= 4 is 0 Å². The van der Waals surface area contributed by atoms with Crippen LogP contribution in [0.1, 0.15) is 45.8 Å². The molecule has 1 aromatic heterocycles. The van der Waals surface area contributed by atoms with Crippen LogP contribution in [0, 0.1) is 0 Å². The molecule has 0 aliphatic rings. The fourth-order valence-electron chi connectivity index (χ4n) is 1.30. The molecule has 0 aromatic carbocycles. The van der Waals surface area contributed by atoms with Crippen molar-refractivity contribution in [1.82, 2.24) is 20.1 Å². The first-order valence-electron chi connectivity index (χ1n) is 5.56. The minimum Gasteiger partial charge on any atom is -0.305 e. The quantitative estimate of drug-likeness (QED) is 0.822. The number of rotatable bonds is 4. The molecule has 4 nitrogen and oxygen atoms in total. The normalized spacial score (nSPS) is 12.1. The van der Waals surface area contributed by atoms with E-state index in [9.17, 15) is 0 Å². The van der Waals surface area contributed by atoms with E-state index in [1.807, 2.05) is 11.7 Å². The zero-order valence-electron chi connectivity index (χ0n) is 10.5. The fourth-order valence-corrected chi connectivity index (χ4v) is 1.30. The van der Waals surface area contributed by atoms with Crippen molar-refractivity contribution in [3.63, 3.8) is 0 Å². The Hall–Kier alpha value is -0.900. The van der Waals surface area contributed by atoms with E-state index in [1.54, 1.807) is 0 Å². The second-order valence-corrected chi connectivity index (χ2v) is 4.92. The van der Waals surface area contributed by atoms with E-state index >= 15 is 0 Å². The molecule has 86 valence electrons. The summed E-state index contributed by atoms with van der Waals surface area (Å²) in [5, 5.41) is 7.78. The third-order valence-electron chi connectivity index (χ3n) is 2.15. The molecular formula is C11H22N4. The number of aromatic nitrogens is 3. The monoisotopic (exact) mass is 210 g/mol. The zero-order chi connectivity index (χ0) is 11.5. The smallest absolute Gasteiger partial charge is 0.150 e. The maximum atomic E-state index is 4.49. The molecule has 1 aromatic rings. The maximum absolute atomic E-state index is 4.49. The number of aryl methyl sites for hydroxylation is 2. The molecule has 4 heteroatoms. The molecule has 1 N–H and O–H groups in total. The predicted molar refractivity (Wildman–Crippen MR) is 61.6 cm³/mol. The number of nitrogens with one attached hydrogen (secondary N) is 1. The average Bonchev–Trinajstić information content (AvgIpc) is 2.42. The first kappa shape index (κ1) is 12.2. The zero-order valence-corrected chi connectivity index (χ0v) is 10.5. The Bertz CT molecular complexity index is 309. The Kier molecular flexibility index (Phi) is 3.85. The average molecular weight is 210 g/mol. The van der Waals surface area contributed by atoms with Crippen LogP contribution in [0.4, 0.5) is 0 Å². The van der Waals surface area contributed by atoms with Gasteiger partial charge in [0.1, 0.15) is 5.82 Å². The predicted octanol–water partition coefficient (Wildman–Crippen LogP) is 1.66. The molecule has 0 radical (unpaired) electrons. The fraction of sp³-hybridized carbons (Fsp3) is 0.818. The summed E-state index contributed by atoms with van der Waals surface area (Å²) >= 11 is 0. The molecule has 0 aliphatic heterocycles. The molecule has 0 saturated carbocycles. The van der Waals surface area contributed by atoms with E-state index in [4.69, 9.17) is 0 Å². The van der Waals surface area contributed by atoms with Crippen molar-refractivity contribution in [2.45, 2.75) is 52.6 Å². The summed E-state index contributed by atoms with van der Waals surface area (Å²) in [6.07, 6.45) is 2.06. The molecule has 15 heavy (non-hydrogen) atoms. The van der Waals surface area contributed by atoms with Crippen LogP contribution in [-0.4, -0.2) is 20.3 Å². The molecule has 0 saturated heterocycles. The van der Waals surface area contributed by atoms with E-state index in [0.717, 1.165) is 31.0 Å². The molecule has 0 spiro atoms. The van der Waals surface area contributed by atoms with E-state index in [0.29, 0.717) is 0 Å². The maximum Gasteiger partial charge on any atom is 0.150 e. The van der Waals surface area contributed by atoms with Gasteiger partial charge in [-0.2, -0.15) is 5.10 Å². The Morgan fingerprint density at radius 3 is 2.53 bits per heavy atom. The summed E-state index contributed by atoms with van der Waals surface area (Å²) in [4.78, 5) is 4.49. The lowest BCUT2D eigenvalue weighted by atomic mass is 10.1. The highest BCUT2D eigenvalue weighted by atomic mass is 15.3. The van der Waals surface area contributed by atoms with Gasteiger partial charge < -0.3 is 5.32 Å².